The van der Waals surface area contributed by atoms with Crippen molar-refractivity contribution in [2.24, 2.45) is 0 Å². The van der Waals surface area contributed by atoms with Crippen molar-refractivity contribution in [3.05, 3.63) is 128 Å². The van der Waals surface area contributed by atoms with Crippen molar-refractivity contribution in [3.8, 4) is 5.88 Å². The van der Waals surface area contributed by atoms with Gasteiger partial charge in [-0.05, 0) is 35.4 Å². The molecule has 16 nitrogen and oxygen atoms in total. The zero-order valence-electron chi connectivity index (χ0n) is 27.6. The molecule has 2 saturated heterocycles. The standard InChI is InChI=1S/C18H15FN4O4.C17H13FN4O4.2CH4/c1-27-14-6-13-10(7-20-14)8-23(15(13)24)9-18(16(25)21-17(26)22-18)11-2-4-12(19)5-3-11;18-11-3-1-10(2-4-11)17(15(25)20-16(26)21-17)8-22-7-9-6-19-13(23)5-12(9)14(22)24;;/h2-7H,8-9H2,1H3,(H2,21,22,25,26);1-6H,7-8H2,(H,19,23)(H2,20,21,25,26);2*1H4. The van der Waals surface area contributed by atoms with Gasteiger partial charge in [-0.3, -0.25) is 34.6 Å². The fourth-order valence-corrected chi connectivity index (χ4v) is 6.72. The number of benzene rings is 2. The number of nitrogens with zero attached hydrogens (tertiary/aromatic N) is 3. The van der Waals surface area contributed by atoms with Gasteiger partial charge in [0, 0.05) is 48.7 Å². The molecule has 2 aromatic heterocycles. The average Bonchev–Trinajstić information content (AvgIpc) is 3.81. The number of hydrogen-bond donors (Lipinski definition) is 5. The predicted octanol–water partition coefficient (Wildman–Crippen LogP) is 2.40. The molecule has 4 aliphatic heterocycles. The smallest absolute Gasteiger partial charge is 0.322 e. The lowest BCUT2D eigenvalue weighted by atomic mass is 9.89. The highest BCUT2D eigenvalue weighted by Crippen LogP contribution is 2.33. The van der Waals surface area contributed by atoms with Crippen molar-refractivity contribution >= 4 is 35.7 Å². The number of ether oxygens (including phenoxy) is 1. The Morgan fingerprint density at radius 2 is 1.15 bits per heavy atom. The number of imide groups is 2. The summed E-state index contributed by atoms with van der Waals surface area (Å²) >= 11 is 0. The Balaban J connectivity index is 0.000000204. The number of pyridine rings is 2. The molecule has 0 radical (unpaired) electrons. The number of nitrogens with one attached hydrogen (secondary N) is 5. The number of methoxy groups -OCH3 is 1. The molecule has 4 aliphatic rings. The summed E-state index contributed by atoms with van der Waals surface area (Å²) < 4.78 is 31.6. The van der Waals surface area contributed by atoms with Gasteiger partial charge >= 0.3 is 12.1 Å². The van der Waals surface area contributed by atoms with Gasteiger partial charge in [0.2, 0.25) is 11.4 Å². The maximum absolute atomic E-state index is 13.3. The SMILES string of the molecule is C.C.COc1cc2c(cn1)CN(CC1(c3ccc(F)cc3)NC(=O)NC1=O)C2=O.O=C1NC(=O)C(CN2Cc3c[nH]c(=O)cc3C2=O)(c2ccc(F)cc2)N1. The van der Waals surface area contributed by atoms with Gasteiger partial charge in [0.05, 0.1) is 31.3 Å². The number of hydrogen-bond acceptors (Lipinski definition) is 9. The fourth-order valence-electron chi connectivity index (χ4n) is 6.72. The first-order valence-corrected chi connectivity index (χ1v) is 15.9. The number of aromatic nitrogens is 2. The van der Waals surface area contributed by atoms with E-state index in [2.05, 4.69) is 31.2 Å². The molecule has 2 fully saturated rings. The molecule has 5 N–H and O–H groups in total. The van der Waals surface area contributed by atoms with Gasteiger partial charge < -0.3 is 30.2 Å². The first kappa shape index (κ1) is 39.2. The third-order valence-electron chi connectivity index (χ3n) is 9.35. The first-order chi connectivity index (χ1) is 25.3. The molecule has 0 bridgehead atoms. The lowest BCUT2D eigenvalue weighted by Crippen LogP contribution is -2.52. The van der Waals surface area contributed by atoms with Crippen LogP contribution in [0, 0.1) is 11.6 Å². The van der Waals surface area contributed by atoms with Crippen LogP contribution in [0.5, 0.6) is 5.88 Å². The average molecular weight is 759 g/mol. The molecular weight excluding hydrogens is 722 g/mol. The van der Waals surface area contributed by atoms with Crippen molar-refractivity contribution in [1.82, 2.24) is 41.0 Å². The lowest BCUT2D eigenvalue weighted by molar-refractivity contribution is -0.125. The topological polar surface area (TPSA) is 212 Å². The Labute approximate surface area is 312 Å². The zero-order chi connectivity index (χ0) is 37.7. The summed E-state index contributed by atoms with van der Waals surface area (Å²) in [6, 6.07) is 11.7. The molecule has 55 heavy (non-hydrogen) atoms. The Kier molecular flexibility index (Phi) is 10.6. The number of amides is 8. The Morgan fingerprint density at radius 1 is 0.691 bits per heavy atom. The summed E-state index contributed by atoms with van der Waals surface area (Å²) in [6.45, 7) is 0.151. The van der Waals surface area contributed by atoms with Crippen LogP contribution in [-0.2, 0) is 33.8 Å². The van der Waals surface area contributed by atoms with Crippen molar-refractivity contribution in [2.75, 3.05) is 20.2 Å². The molecule has 4 aromatic rings. The van der Waals surface area contributed by atoms with Crippen LogP contribution in [0.3, 0.4) is 0 Å². The molecule has 2 atom stereocenters. The third kappa shape index (κ3) is 6.96. The second kappa shape index (κ2) is 14.8. The number of H-pyrrole nitrogens is 1. The number of aromatic amines is 1. The van der Waals surface area contributed by atoms with Gasteiger partial charge in [-0.2, -0.15) is 0 Å². The van der Waals surface area contributed by atoms with Crippen LogP contribution in [-0.4, -0.2) is 75.7 Å². The second-order valence-corrected chi connectivity index (χ2v) is 12.6. The summed E-state index contributed by atoms with van der Waals surface area (Å²) in [5, 5.41) is 9.51. The van der Waals surface area contributed by atoms with E-state index in [0.717, 1.165) is 0 Å². The highest BCUT2D eigenvalue weighted by molar-refractivity contribution is 6.09. The van der Waals surface area contributed by atoms with Gasteiger partial charge in [-0.15, -0.1) is 0 Å². The molecule has 0 spiro atoms. The summed E-state index contributed by atoms with van der Waals surface area (Å²) in [4.78, 5) is 95.0. The van der Waals surface area contributed by atoms with Gasteiger partial charge in [-0.25, -0.2) is 23.4 Å². The summed E-state index contributed by atoms with van der Waals surface area (Å²) in [7, 11) is 1.45. The normalized spacial score (nSPS) is 20.6. The molecular formula is C37H36F2N8O8. The Hall–Kier alpha value is -6.98. The molecule has 8 amide bonds. The van der Waals surface area contributed by atoms with Crippen LogP contribution in [0.4, 0.5) is 18.4 Å². The van der Waals surface area contributed by atoms with Crippen molar-refractivity contribution < 1.29 is 42.3 Å². The highest BCUT2D eigenvalue weighted by Gasteiger charge is 2.52. The second-order valence-electron chi connectivity index (χ2n) is 12.6. The van der Waals surface area contributed by atoms with Crippen LogP contribution >= 0.6 is 0 Å². The fraction of sp³-hybridized carbons (Fsp3) is 0.243. The zero-order valence-corrected chi connectivity index (χ0v) is 27.6. The van der Waals surface area contributed by atoms with Gasteiger partial charge in [-0.1, -0.05) is 39.1 Å². The van der Waals surface area contributed by atoms with Gasteiger partial charge in [0.1, 0.15) is 11.6 Å². The van der Waals surface area contributed by atoms with Crippen LogP contribution in [0.25, 0.3) is 0 Å². The van der Waals surface area contributed by atoms with Crippen LogP contribution in [0.1, 0.15) is 57.8 Å². The molecule has 2 aromatic carbocycles. The number of carbonyl (C=O) groups excluding carboxylic acids is 6. The number of urea groups is 2. The molecule has 0 saturated carbocycles. The van der Waals surface area contributed by atoms with E-state index in [-0.39, 0.29) is 52.5 Å². The predicted molar refractivity (Wildman–Crippen MR) is 190 cm³/mol. The van der Waals surface area contributed by atoms with Crippen LogP contribution in [0.2, 0.25) is 0 Å². The number of carbonyl (C=O) groups is 6. The first-order valence-electron chi connectivity index (χ1n) is 15.9. The molecule has 18 heteroatoms. The maximum atomic E-state index is 13.3. The van der Waals surface area contributed by atoms with Crippen molar-refractivity contribution in [2.45, 2.75) is 39.0 Å². The largest absolute Gasteiger partial charge is 0.481 e. The van der Waals surface area contributed by atoms with Crippen molar-refractivity contribution in [1.29, 1.82) is 0 Å². The Bertz CT molecular complexity index is 2280. The highest BCUT2D eigenvalue weighted by atomic mass is 19.1. The number of fused-ring (bicyclic) bond motifs is 2. The van der Waals surface area contributed by atoms with E-state index in [1.54, 1.807) is 6.20 Å². The van der Waals surface area contributed by atoms with E-state index in [0.29, 0.717) is 33.7 Å². The minimum atomic E-state index is -1.54. The van der Waals surface area contributed by atoms with E-state index in [9.17, 15) is 42.3 Å². The van der Waals surface area contributed by atoms with E-state index < -0.39 is 58.1 Å². The number of halogens is 2. The van der Waals surface area contributed by atoms with E-state index >= 15 is 0 Å². The summed E-state index contributed by atoms with van der Waals surface area (Å²) in [5.74, 6) is -2.60. The monoisotopic (exact) mass is 758 g/mol. The van der Waals surface area contributed by atoms with Crippen molar-refractivity contribution in [3.63, 3.8) is 0 Å². The van der Waals surface area contributed by atoms with E-state index in [4.69, 9.17) is 4.74 Å². The van der Waals surface area contributed by atoms with Crippen LogP contribution < -0.4 is 31.6 Å². The molecule has 6 heterocycles. The van der Waals surface area contributed by atoms with Gasteiger partial charge in [0.15, 0.2) is 11.1 Å². The minimum absolute atomic E-state index is 0. The minimum Gasteiger partial charge on any atom is -0.481 e. The molecule has 286 valence electrons. The Morgan fingerprint density at radius 3 is 1.58 bits per heavy atom. The van der Waals surface area contributed by atoms with Gasteiger partial charge in [0.25, 0.3) is 23.6 Å². The van der Waals surface area contributed by atoms with E-state index in [1.165, 1.54) is 83.8 Å². The van der Waals surface area contributed by atoms with E-state index in [1.807, 2.05) is 0 Å². The quantitative estimate of drug-likeness (QED) is 0.175. The molecule has 0 aliphatic carbocycles. The lowest BCUT2D eigenvalue weighted by Gasteiger charge is -2.31. The number of rotatable bonds is 7. The molecule has 8 rings (SSSR count). The summed E-state index contributed by atoms with van der Waals surface area (Å²) in [6.07, 6.45) is 3.00. The third-order valence-corrected chi connectivity index (χ3v) is 9.35. The molecule has 2 unspecified atom stereocenters. The maximum Gasteiger partial charge on any atom is 0.322 e. The van der Waals surface area contributed by atoms with Crippen LogP contribution in [0.15, 0.2) is 77.9 Å². The summed E-state index contributed by atoms with van der Waals surface area (Å²) in [5.41, 5.74) is -0.707.